The van der Waals surface area contributed by atoms with E-state index in [1.807, 2.05) is 36.4 Å². The fourth-order valence-electron chi connectivity index (χ4n) is 2.48. The molecule has 3 N–H and O–H groups in total. The van der Waals surface area contributed by atoms with Crippen LogP contribution in [0.25, 0.3) is 10.8 Å². The minimum atomic E-state index is -0.606. The third kappa shape index (κ3) is 3.92. The number of aromatic hydroxyl groups is 1. The zero-order valence-corrected chi connectivity index (χ0v) is 14.2. The normalized spacial score (nSPS) is 10.3. The van der Waals surface area contributed by atoms with Gasteiger partial charge in [0.05, 0.1) is 5.56 Å². The third-order valence-corrected chi connectivity index (χ3v) is 3.89. The van der Waals surface area contributed by atoms with Crippen molar-refractivity contribution in [3.8, 4) is 11.5 Å². The van der Waals surface area contributed by atoms with Gasteiger partial charge < -0.3 is 9.84 Å². The van der Waals surface area contributed by atoms with E-state index in [9.17, 15) is 14.7 Å². The van der Waals surface area contributed by atoms with Crippen molar-refractivity contribution in [3.05, 3.63) is 71.8 Å². The maximum Gasteiger partial charge on any atom is 0.276 e. The lowest BCUT2D eigenvalue weighted by molar-refractivity contribution is -0.123. The molecule has 6 heteroatoms. The Balaban J connectivity index is 1.53. The van der Waals surface area contributed by atoms with Crippen LogP contribution >= 0.6 is 0 Å². The van der Waals surface area contributed by atoms with Crippen LogP contribution in [-0.2, 0) is 4.79 Å². The van der Waals surface area contributed by atoms with Crippen molar-refractivity contribution >= 4 is 22.6 Å². The summed E-state index contributed by atoms with van der Waals surface area (Å²) in [6, 6.07) is 18.1. The Hall–Kier alpha value is -3.54. The molecule has 3 aromatic rings. The predicted octanol–water partition coefficient (Wildman–Crippen LogP) is 2.69. The Morgan fingerprint density at radius 2 is 1.73 bits per heavy atom. The molecular weight excluding hydrogens is 332 g/mol. The quantitative estimate of drug-likeness (QED) is 0.631. The first kappa shape index (κ1) is 17.3. The van der Waals surface area contributed by atoms with Gasteiger partial charge in [-0.25, -0.2) is 0 Å². The number of nitrogens with one attached hydrogen (secondary N) is 2. The molecule has 0 radical (unpaired) electrons. The number of amides is 2. The molecule has 3 aromatic carbocycles. The number of hydrogen-bond donors (Lipinski definition) is 3. The zero-order chi connectivity index (χ0) is 18.5. The maximum atomic E-state index is 12.0. The Labute approximate surface area is 150 Å². The van der Waals surface area contributed by atoms with Crippen molar-refractivity contribution in [2.45, 2.75) is 6.92 Å². The number of phenolic OH excluding ortho intramolecular Hbond substituents is 1. The summed E-state index contributed by atoms with van der Waals surface area (Å²) >= 11 is 0. The first-order valence-corrected chi connectivity index (χ1v) is 8.04. The molecule has 0 bridgehead atoms. The molecule has 2 amide bonds. The number of rotatable bonds is 4. The second-order valence-electron chi connectivity index (χ2n) is 5.77. The molecule has 0 spiro atoms. The predicted molar refractivity (Wildman–Crippen MR) is 97.9 cm³/mol. The molecule has 0 atom stereocenters. The van der Waals surface area contributed by atoms with E-state index in [2.05, 4.69) is 10.9 Å². The first-order chi connectivity index (χ1) is 12.5. The van der Waals surface area contributed by atoms with Crippen LogP contribution in [0.15, 0.2) is 60.7 Å². The van der Waals surface area contributed by atoms with Crippen molar-refractivity contribution in [2.24, 2.45) is 0 Å². The van der Waals surface area contributed by atoms with E-state index >= 15 is 0 Å². The van der Waals surface area contributed by atoms with E-state index in [1.165, 1.54) is 6.07 Å². The smallest absolute Gasteiger partial charge is 0.276 e. The monoisotopic (exact) mass is 350 g/mol. The highest BCUT2D eigenvalue weighted by Gasteiger charge is 2.13. The summed E-state index contributed by atoms with van der Waals surface area (Å²) in [5.41, 5.74) is 5.17. The van der Waals surface area contributed by atoms with Gasteiger partial charge in [-0.15, -0.1) is 0 Å². The van der Waals surface area contributed by atoms with Gasteiger partial charge in [0.2, 0.25) is 0 Å². The molecule has 0 heterocycles. The van der Waals surface area contributed by atoms with Crippen LogP contribution in [0, 0.1) is 6.92 Å². The lowest BCUT2D eigenvalue weighted by Gasteiger charge is -2.10. The number of phenols is 1. The SMILES string of the molecule is Cc1cccc(C(=O)NNC(=O)COc2ccc3ccccc3c2)c1O. The average Bonchev–Trinajstić information content (AvgIpc) is 2.66. The van der Waals surface area contributed by atoms with Gasteiger partial charge in [0.25, 0.3) is 11.8 Å². The van der Waals surface area contributed by atoms with Crippen LogP contribution in [0.2, 0.25) is 0 Å². The van der Waals surface area contributed by atoms with E-state index < -0.39 is 11.8 Å². The molecule has 132 valence electrons. The van der Waals surface area contributed by atoms with Gasteiger partial charge in [0.1, 0.15) is 11.5 Å². The summed E-state index contributed by atoms with van der Waals surface area (Å²) in [6.45, 7) is 1.43. The van der Waals surface area contributed by atoms with E-state index in [1.54, 1.807) is 25.1 Å². The van der Waals surface area contributed by atoms with Crippen molar-refractivity contribution < 1.29 is 19.4 Å². The number of carbonyl (C=O) groups excluding carboxylic acids is 2. The molecule has 6 nitrogen and oxygen atoms in total. The number of fused-ring (bicyclic) bond motifs is 1. The molecule has 0 aromatic heterocycles. The minimum Gasteiger partial charge on any atom is -0.507 e. The van der Waals surface area contributed by atoms with Gasteiger partial charge in [0, 0.05) is 0 Å². The highest BCUT2D eigenvalue weighted by Crippen LogP contribution is 2.21. The van der Waals surface area contributed by atoms with Crippen LogP contribution in [0.1, 0.15) is 15.9 Å². The summed E-state index contributed by atoms with van der Waals surface area (Å²) < 4.78 is 5.44. The van der Waals surface area contributed by atoms with E-state index in [-0.39, 0.29) is 17.9 Å². The second kappa shape index (κ2) is 7.57. The summed E-state index contributed by atoms with van der Waals surface area (Å²) in [7, 11) is 0. The van der Waals surface area contributed by atoms with Crippen LogP contribution in [0.4, 0.5) is 0 Å². The number of aryl methyl sites for hydroxylation is 1. The largest absolute Gasteiger partial charge is 0.507 e. The standard InChI is InChI=1S/C20H18N2O4/c1-13-5-4-8-17(19(13)24)20(25)22-21-18(23)12-26-16-10-9-14-6-2-3-7-15(14)11-16/h2-11,24H,12H2,1H3,(H,21,23)(H,22,25). The molecule has 0 fully saturated rings. The molecular formula is C20H18N2O4. The van der Waals surface area contributed by atoms with Crippen molar-refractivity contribution in [2.75, 3.05) is 6.61 Å². The van der Waals surface area contributed by atoms with Gasteiger partial charge in [-0.1, -0.05) is 42.5 Å². The maximum absolute atomic E-state index is 12.0. The Kier molecular flexibility index (Phi) is 5.03. The second-order valence-corrected chi connectivity index (χ2v) is 5.77. The molecule has 0 aliphatic carbocycles. The van der Waals surface area contributed by atoms with Crippen LogP contribution in [-0.4, -0.2) is 23.5 Å². The fraction of sp³-hybridized carbons (Fsp3) is 0.100. The van der Waals surface area contributed by atoms with E-state index in [4.69, 9.17) is 4.74 Å². The lowest BCUT2D eigenvalue weighted by Crippen LogP contribution is -2.43. The van der Waals surface area contributed by atoms with Gasteiger partial charge in [0.15, 0.2) is 6.61 Å². The summed E-state index contributed by atoms with van der Waals surface area (Å²) in [6.07, 6.45) is 0. The number of para-hydroxylation sites is 1. The van der Waals surface area contributed by atoms with Crippen molar-refractivity contribution in [3.63, 3.8) is 0 Å². The van der Waals surface area contributed by atoms with Crippen molar-refractivity contribution in [1.29, 1.82) is 0 Å². The Morgan fingerprint density at radius 1 is 0.962 bits per heavy atom. The third-order valence-electron chi connectivity index (χ3n) is 3.89. The van der Waals surface area contributed by atoms with Gasteiger partial charge in [-0.2, -0.15) is 0 Å². The Morgan fingerprint density at radius 3 is 2.54 bits per heavy atom. The molecule has 26 heavy (non-hydrogen) atoms. The van der Waals surface area contributed by atoms with E-state index in [0.29, 0.717) is 11.3 Å². The summed E-state index contributed by atoms with van der Waals surface area (Å²) in [5.74, 6) is -0.683. The number of carbonyl (C=O) groups is 2. The molecule has 3 rings (SSSR count). The number of hydrogen-bond acceptors (Lipinski definition) is 4. The Bertz CT molecular complexity index is 969. The highest BCUT2D eigenvalue weighted by molar-refractivity contribution is 5.98. The van der Waals surface area contributed by atoms with Crippen LogP contribution in [0.5, 0.6) is 11.5 Å². The fourth-order valence-corrected chi connectivity index (χ4v) is 2.48. The molecule has 0 unspecified atom stereocenters. The van der Waals surface area contributed by atoms with Crippen LogP contribution < -0.4 is 15.6 Å². The number of ether oxygens (including phenoxy) is 1. The number of benzene rings is 3. The van der Waals surface area contributed by atoms with Crippen LogP contribution in [0.3, 0.4) is 0 Å². The molecule has 0 aliphatic rings. The highest BCUT2D eigenvalue weighted by atomic mass is 16.5. The number of hydrazine groups is 1. The molecule has 0 aliphatic heterocycles. The topological polar surface area (TPSA) is 87.7 Å². The first-order valence-electron chi connectivity index (χ1n) is 8.04. The van der Waals surface area contributed by atoms with Crippen molar-refractivity contribution in [1.82, 2.24) is 10.9 Å². The molecule has 0 saturated heterocycles. The summed E-state index contributed by atoms with van der Waals surface area (Å²) in [4.78, 5) is 23.9. The van der Waals surface area contributed by atoms with Gasteiger partial charge in [-0.05, 0) is 41.5 Å². The zero-order valence-electron chi connectivity index (χ0n) is 14.2. The minimum absolute atomic E-state index is 0.0840. The average molecular weight is 350 g/mol. The summed E-state index contributed by atoms with van der Waals surface area (Å²) in [5, 5.41) is 12.0. The van der Waals surface area contributed by atoms with Gasteiger partial charge >= 0.3 is 0 Å². The molecule has 0 saturated carbocycles. The van der Waals surface area contributed by atoms with Gasteiger partial charge in [-0.3, -0.25) is 20.4 Å². The van der Waals surface area contributed by atoms with E-state index in [0.717, 1.165) is 10.8 Å². The lowest BCUT2D eigenvalue weighted by atomic mass is 10.1.